The van der Waals surface area contributed by atoms with Crippen molar-refractivity contribution in [2.24, 2.45) is 0 Å². The van der Waals surface area contributed by atoms with Gasteiger partial charge in [0.15, 0.2) is 10.9 Å². The van der Waals surface area contributed by atoms with Crippen LogP contribution in [0.2, 0.25) is 0 Å². The van der Waals surface area contributed by atoms with Gasteiger partial charge in [-0.15, -0.1) is 11.3 Å². The summed E-state index contributed by atoms with van der Waals surface area (Å²) in [4.78, 5) is 29.5. The summed E-state index contributed by atoms with van der Waals surface area (Å²) in [6, 6.07) is 8.85. The van der Waals surface area contributed by atoms with E-state index in [9.17, 15) is 18.0 Å². The third-order valence-electron chi connectivity index (χ3n) is 4.41. The second-order valence-electron chi connectivity index (χ2n) is 6.60. The number of amides is 1. The average molecular weight is 423 g/mol. The molecule has 1 N–H and O–H groups in total. The van der Waals surface area contributed by atoms with Crippen molar-refractivity contribution < 1.29 is 18.0 Å². The van der Waals surface area contributed by atoms with Gasteiger partial charge in [0.25, 0.3) is 10.2 Å². The zero-order valence-corrected chi connectivity index (χ0v) is 17.3. The molecule has 0 spiro atoms. The first kappa shape index (κ1) is 20.6. The van der Waals surface area contributed by atoms with Crippen molar-refractivity contribution in [1.29, 1.82) is 0 Å². The Kier molecular flexibility index (Phi) is 6.23. The number of hydrogen-bond acceptors (Lipinski definition) is 6. The molecule has 3 rings (SSSR count). The van der Waals surface area contributed by atoms with Crippen molar-refractivity contribution in [3.8, 4) is 0 Å². The van der Waals surface area contributed by atoms with E-state index in [0.717, 1.165) is 10.6 Å². The molecule has 1 amide bonds. The van der Waals surface area contributed by atoms with Gasteiger partial charge in [-0.05, 0) is 0 Å². The lowest BCUT2D eigenvalue weighted by molar-refractivity contribution is -0.116. The first-order valence-corrected chi connectivity index (χ1v) is 11.0. The number of carbonyl (C=O) groups excluding carboxylic acids is 2. The molecule has 0 aliphatic carbocycles. The fourth-order valence-electron chi connectivity index (χ4n) is 2.83. The van der Waals surface area contributed by atoms with Gasteiger partial charge in [-0.2, -0.15) is 17.0 Å². The Bertz CT molecular complexity index is 971. The molecule has 0 saturated heterocycles. The van der Waals surface area contributed by atoms with E-state index in [1.807, 2.05) is 6.07 Å². The predicted octanol–water partition coefficient (Wildman–Crippen LogP) is 1.91. The number of carbonyl (C=O) groups is 2. The lowest BCUT2D eigenvalue weighted by Crippen LogP contribution is -2.42. The highest BCUT2D eigenvalue weighted by atomic mass is 32.2. The molecule has 150 valence electrons. The summed E-state index contributed by atoms with van der Waals surface area (Å²) in [6.45, 7) is 0.603. The van der Waals surface area contributed by atoms with Gasteiger partial charge in [0, 0.05) is 50.3 Å². The van der Waals surface area contributed by atoms with Crippen LogP contribution in [-0.2, 0) is 28.0 Å². The number of rotatable bonds is 7. The Hall–Kier alpha value is -2.14. The van der Waals surface area contributed by atoms with E-state index in [1.54, 1.807) is 24.3 Å². The molecule has 0 saturated carbocycles. The number of nitrogens with one attached hydrogen (secondary N) is 1. The van der Waals surface area contributed by atoms with E-state index in [2.05, 4.69) is 10.3 Å². The lowest BCUT2D eigenvalue weighted by atomic mass is 10.1. The second-order valence-corrected chi connectivity index (χ2v) is 9.83. The lowest BCUT2D eigenvalue weighted by Gasteiger charge is -2.27. The van der Waals surface area contributed by atoms with E-state index in [-0.39, 0.29) is 31.1 Å². The fourth-order valence-corrected chi connectivity index (χ4v) is 5.03. The van der Waals surface area contributed by atoms with Crippen LogP contribution in [0.15, 0.2) is 30.3 Å². The molecule has 2 aromatic rings. The summed E-state index contributed by atoms with van der Waals surface area (Å²) in [5.41, 5.74) is 1.40. The molecule has 0 atom stereocenters. The first-order chi connectivity index (χ1) is 13.3. The monoisotopic (exact) mass is 422 g/mol. The van der Waals surface area contributed by atoms with Gasteiger partial charge in [-0.3, -0.25) is 9.59 Å². The molecule has 0 radical (unpaired) electrons. The molecule has 0 fully saturated rings. The highest BCUT2D eigenvalue weighted by Gasteiger charge is 2.30. The fraction of sp³-hybridized carbons (Fsp3) is 0.389. The maximum atomic E-state index is 12.3. The maximum absolute atomic E-state index is 12.3. The average Bonchev–Trinajstić information content (AvgIpc) is 3.07. The van der Waals surface area contributed by atoms with Crippen LogP contribution < -0.4 is 5.32 Å². The minimum atomic E-state index is -3.48. The second kappa shape index (κ2) is 8.48. The van der Waals surface area contributed by atoms with Crippen molar-refractivity contribution in [2.45, 2.75) is 25.8 Å². The summed E-state index contributed by atoms with van der Waals surface area (Å²) >= 11 is 1.27. The molecule has 8 nitrogen and oxygen atoms in total. The summed E-state index contributed by atoms with van der Waals surface area (Å²) in [6.07, 6.45) is 0.691. The summed E-state index contributed by atoms with van der Waals surface area (Å²) in [7, 11) is -0.480. The number of aromatic nitrogens is 1. The Labute approximate surface area is 168 Å². The van der Waals surface area contributed by atoms with Gasteiger partial charge in [0.2, 0.25) is 5.91 Å². The van der Waals surface area contributed by atoms with Crippen LogP contribution in [0, 0.1) is 0 Å². The molecule has 0 bridgehead atoms. The van der Waals surface area contributed by atoms with E-state index < -0.39 is 10.2 Å². The van der Waals surface area contributed by atoms with E-state index in [4.69, 9.17) is 0 Å². The number of ketones is 1. The van der Waals surface area contributed by atoms with Crippen molar-refractivity contribution in [3.63, 3.8) is 0 Å². The summed E-state index contributed by atoms with van der Waals surface area (Å²) < 4.78 is 27.1. The molecule has 1 aliphatic rings. The molecule has 2 heterocycles. The number of hydrogen-bond donors (Lipinski definition) is 1. The Balaban J connectivity index is 1.57. The minimum Gasteiger partial charge on any atom is -0.302 e. The highest BCUT2D eigenvalue weighted by Crippen LogP contribution is 2.30. The number of Topliss-reactive ketones (excluding diaryl/α,β-unsaturated/α-hetero) is 1. The van der Waals surface area contributed by atoms with E-state index in [1.165, 1.54) is 34.0 Å². The summed E-state index contributed by atoms with van der Waals surface area (Å²) in [5, 5.41) is 3.16. The molecule has 1 aromatic heterocycles. The third-order valence-corrected chi connectivity index (χ3v) is 7.29. The van der Waals surface area contributed by atoms with Gasteiger partial charge in [-0.1, -0.05) is 30.3 Å². The molecule has 1 aromatic carbocycles. The van der Waals surface area contributed by atoms with Gasteiger partial charge in [0.05, 0.1) is 12.2 Å². The quantitative estimate of drug-likeness (QED) is 0.687. The number of anilines is 1. The largest absolute Gasteiger partial charge is 0.302 e. The van der Waals surface area contributed by atoms with Gasteiger partial charge in [0.1, 0.15) is 0 Å². The van der Waals surface area contributed by atoms with Crippen molar-refractivity contribution in [3.05, 3.63) is 46.5 Å². The number of nitrogens with zero attached hydrogens (tertiary/aromatic N) is 3. The van der Waals surface area contributed by atoms with Crippen LogP contribution >= 0.6 is 11.3 Å². The Morgan fingerprint density at radius 1 is 1.21 bits per heavy atom. The SMILES string of the molecule is CN(C)S(=O)(=O)N1CCc2nc(NC(=O)CCC(=O)c3ccccc3)sc2C1. The maximum Gasteiger partial charge on any atom is 0.281 e. The topological polar surface area (TPSA) is 99.7 Å². The third kappa shape index (κ3) is 4.64. The van der Waals surface area contributed by atoms with Crippen LogP contribution in [0.4, 0.5) is 5.13 Å². The molecular weight excluding hydrogens is 400 g/mol. The van der Waals surface area contributed by atoms with E-state index in [0.29, 0.717) is 23.7 Å². The first-order valence-electron chi connectivity index (χ1n) is 8.81. The van der Waals surface area contributed by atoms with Crippen molar-refractivity contribution >= 4 is 38.4 Å². The zero-order valence-electron chi connectivity index (χ0n) is 15.7. The molecule has 28 heavy (non-hydrogen) atoms. The number of fused-ring (bicyclic) bond motifs is 1. The summed E-state index contributed by atoms with van der Waals surface area (Å²) in [5.74, 6) is -0.369. The Morgan fingerprint density at radius 3 is 2.61 bits per heavy atom. The van der Waals surface area contributed by atoms with Crippen molar-refractivity contribution in [1.82, 2.24) is 13.6 Å². The minimum absolute atomic E-state index is 0.0686. The van der Waals surface area contributed by atoms with Gasteiger partial charge >= 0.3 is 0 Å². The smallest absolute Gasteiger partial charge is 0.281 e. The van der Waals surface area contributed by atoms with Gasteiger partial charge < -0.3 is 5.32 Å². The van der Waals surface area contributed by atoms with Crippen LogP contribution in [0.5, 0.6) is 0 Å². The van der Waals surface area contributed by atoms with Crippen LogP contribution in [0.25, 0.3) is 0 Å². The normalized spacial score (nSPS) is 14.7. The van der Waals surface area contributed by atoms with E-state index >= 15 is 0 Å². The van der Waals surface area contributed by atoms with Crippen molar-refractivity contribution in [2.75, 3.05) is 26.0 Å². The van der Waals surface area contributed by atoms with Crippen LogP contribution in [0.1, 0.15) is 33.8 Å². The molecule has 0 unspecified atom stereocenters. The standard InChI is InChI=1S/C18H22N4O4S2/c1-21(2)28(25,26)22-11-10-14-16(12-22)27-18(19-14)20-17(24)9-8-15(23)13-6-4-3-5-7-13/h3-7H,8-12H2,1-2H3,(H,19,20,24). The predicted molar refractivity (Wildman–Crippen MR) is 107 cm³/mol. The molecule has 10 heteroatoms. The highest BCUT2D eigenvalue weighted by molar-refractivity contribution is 7.86. The zero-order chi connectivity index (χ0) is 20.3. The number of thiazole rings is 1. The van der Waals surface area contributed by atoms with Crippen LogP contribution in [0.3, 0.4) is 0 Å². The molecular formula is C18H22N4O4S2. The molecule has 1 aliphatic heterocycles. The van der Waals surface area contributed by atoms with Gasteiger partial charge in [-0.25, -0.2) is 4.98 Å². The van der Waals surface area contributed by atoms with Crippen LogP contribution in [-0.4, -0.2) is 54.3 Å². The number of benzene rings is 1. The Morgan fingerprint density at radius 2 is 1.93 bits per heavy atom.